The van der Waals surface area contributed by atoms with Gasteiger partial charge in [0.2, 0.25) is 5.91 Å². The van der Waals surface area contributed by atoms with E-state index in [1.54, 1.807) is 66.8 Å². The number of hydrogen-bond acceptors (Lipinski definition) is 6. The minimum Gasteiger partial charge on any atom is -0.462 e. The first-order valence-corrected chi connectivity index (χ1v) is 12.6. The Morgan fingerprint density at radius 3 is 2.53 bits per heavy atom. The van der Waals surface area contributed by atoms with E-state index in [-0.39, 0.29) is 19.6 Å². The van der Waals surface area contributed by atoms with Crippen LogP contribution in [0.3, 0.4) is 0 Å². The van der Waals surface area contributed by atoms with Gasteiger partial charge in [0.05, 0.1) is 24.3 Å². The molecule has 2 heterocycles. The molecule has 3 aromatic rings. The van der Waals surface area contributed by atoms with Crippen molar-refractivity contribution in [1.29, 1.82) is 0 Å². The smallest absolute Gasteiger partial charge is 0.338 e. The third-order valence-electron chi connectivity index (χ3n) is 5.62. The summed E-state index contributed by atoms with van der Waals surface area (Å²) in [4.78, 5) is 55.0. The number of nitrogens with one attached hydrogen (secondary N) is 1. The largest absolute Gasteiger partial charge is 0.462 e. The van der Waals surface area contributed by atoms with Crippen LogP contribution in [0.1, 0.15) is 28.6 Å². The Hall–Kier alpha value is -3.69. The van der Waals surface area contributed by atoms with Crippen LogP contribution >= 0.6 is 22.9 Å². The summed E-state index contributed by atoms with van der Waals surface area (Å²) >= 11 is 7.65. The number of nitrogens with zero attached hydrogens (tertiary/aromatic N) is 2. The van der Waals surface area contributed by atoms with Crippen molar-refractivity contribution in [3.05, 3.63) is 81.5 Å². The van der Waals surface area contributed by atoms with E-state index in [4.69, 9.17) is 16.3 Å². The van der Waals surface area contributed by atoms with Crippen LogP contribution < -0.4 is 10.2 Å². The molecule has 1 fully saturated rings. The lowest BCUT2D eigenvalue weighted by Crippen LogP contribution is -2.39. The number of imide groups is 1. The van der Waals surface area contributed by atoms with Crippen molar-refractivity contribution in [2.45, 2.75) is 25.8 Å². The van der Waals surface area contributed by atoms with E-state index < -0.39 is 29.9 Å². The molecule has 1 saturated heterocycles. The number of halogens is 1. The molecule has 0 bridgehead atoms. The Labute approximate surface area is 217 Å². The maximum absolute atomic E-state index is 13.4. The van der Waals surface area contributed by atoms with Crippen LogP contribution in [0, 0.1) is 0 Å². The number of anilines is 2. The summed E-state index contributed by atoms with van der Waals surface area (Å²) in [6, 6.07) is 15.2. The van der Waals surface area contributed by atoms with Crippen LogP contribution in [-0.4, -0.2) is 47.9 Å². The molecule has 36 heavy (non-hydrogen) atoms. The molecular weight excluding hydrogens is 502 g/mol. The predicted molar refractivity (Wildman–Crippen MR) is 138 cm³/mol. The molecule has 0 radical (unpaired) electrons. The van der Waals surface area contributed by atoms with E-state index in [1.807, 2.05) is 17.5 Å². The van der Waals surface area contributed by atoms with E-state index in [2.05, 4.69) is 5.32 Å². The molecule has 8 nitrogen and oxygen atoms in total. The zero-order valence-electron chi connectivity index (χ0n) is 19.5. The van der Waals surface area contributed by atoms with Crippen LogP contribution in [0.25, 0.3) is 0 Å². The highest BCUT2D eigenvalue weighted by atomic mass is 35.5. The minimum absolute atomic E-state index is 0.217. The molecule has 1 aliphatic heterocycles. The molecule has 10 heteroatoms. The lowest BCUT2D eigenvalue weighted by molar-refractivity contribution is -0.124. The first-order chi connectivity index (χ1) is 17.4. The summed E-state index contributed by atoms with van der Waals surface area (Å²) in [5, 5.41) is 5.08. The summed E-state index contributed by atoms with van der Waals surface area (Å²) < 4.78 is 4.96. The zero-order chi connectivity index (χ0) is 25.7. The molecule has 1 atom stereocenters. The summed E-state index contributed by atoms with van der Waals surface area (Å²) in [6.07, 6.45) is 0.346. The number of amides is 4. The van der Waals surface area contributed by atoms with Gasteiger partial charge in [-0.05, 0) is 67.3 Å². The van der Waals surface area contributed by atoms with Crippen molar-refractivity contribution in [3.63, 3.8) is 0 Å². The molecule has 4 rings (SSSR count). The van der Waals surface area contributed by atoms with Crippen molar-refractivity contribution in [3.8, 4) is 0 Å². The number of ether oxygens (including phenoxy) is 1. The summed E-state index contributed by atoms with van der Waals surface area (Å²) in [7, 11) is 0. The molecule has 0 saturated carbocycles. The summed E-state index contributed by atoms with van der Waals surface area (Å²) in [6.45, 7) is 2.27. The number of urea groups is 1. The van der Waals surface area contributed by atoms with Gasteiger partial charge in [-0.2, -0.15) is 0 Å². The van der Waals surface area contributed by atoms with Crippen LogP contribution in [0.4, 0.5) is 16.2 Å². The highest BCUT2D eigenvalue weighted by Crippen LogP contribution is 2.29. The standard InChI is InChI=1S/C26H24ClN3O5S/c1-2-35-25(33)17-8-10-19(11-9-17)28-23(31)16-22-24(32)30(20-6-3-5-18(27)15-20)26(34)29(22)13-12-21-7-4-14-36-21/h3-11,14-15,22H,2,12-13,16H2,1H3,(H,28,31)/t22-/m0/s1. The molecule has 1 N–H and O–H groups in total. The van der Waals surface area contributed by atoms with Gasteiger partial charge in [0.15, 0.2) is 0 Å². The fraction of sp³-hybridized carbons (Fsp3) is 0.231. The Morgan fingerprint density at radius 1 is 1.08 bits per heavy atom. The van der Waals surface area contributed by atoms with Gasteiger partial charge in [-0.25, -0.2) is 14.5 Å². The average Bonchev–Trinajstić information content (AvgIpc) is 3.45. The lowest BCUT2D eigenvalue weighted by Gasteiger charge is -2.21. The van der Waals surface area contributed by atoms with Crippen molar-refractivity contribution in [2.24, 2.45) is 0 Å². The molecule has 186 valence electrons. The van der Waals surface area contributed by atoms with E-state index in [9.17, 15) is 19.2 Å². The van der Waals surface area contributed by atoms with Crippen molar-refractivity contribution in [2.75, 3.05) is 23.4 Å². The Kier molecular flexibility index (Phi) is 8.02. The summed E-state index contributed by atoms with van der Waals surface area (Å²) in [5.74, 6) is -1.37. The number of hydrogen-bond donors (Lipinski definition) is 1. The third kappa shape index (κ3) is 5.75. The number of esters is 1. The Morgan fingerprint density at radius 2 is 1.86 bits per heavy atom. The number of thiophene rings is 1. The predicted octanol–water partition coefficient (Wildman–Crippen LogP) is 4.99. The van der Waals surface area contributed by atoms with Crippen LogP contribution in [0.2, 0.25) is 5.02 Å². The van der Waals surface area contributed by atoms with Crippen LogP contribution in [0.15, 0.2) is 66.0 Å². The van der Waals surface area contributed by atoms with Gasteiger partial charge in [0, 0.05) is 22.1 Å². The number of benzene rings is 2. The van der Waals surface area contributed by atoms with E-state index in [1.165, 1.54) is 4.90 Å². The monoisotopic (exact) mass is 525 g/mol. The normalized spacial score (nSPS) is 15.3. The maximum Gasteiger partial charge on any atom is 0.338 e. The van der Waals surface area contributed by atoms with Crippen LogP contribution in [-0.2, 0) is 20.7 Å². The van der Waals surface area contributed by atoms with Gasteiger partial charge in [-0.1, -0.05) is 23.7 Å². The molecule has 0 spiro atoms. The van der Waals surface area contributed by atoms with Gasteiger partial charge >= 0.3 is 12.0 Å². The van der Waals surface area contributed by atoms with E-state index in [0.717, 1.165) is 9.78 Å². The second kappa shape index (κ2) is 11.4. The van der Waals surface area contributed by atoms with E-state index >= 15 is 0 Å². The fourth-order valence-corrected chi connectivity index (χ4v) is 4.80. The molecule has 4 amide bonds. The second-order valence-corrected chi connectivity index (χ2v) is 9.49. The highest BCUT2D eigenvalue weighted by molar-refractivity contribution is 7.09. The third-order valence-corrected chi connectivity index (χ3v) is 6.79. The maximum atomic E-state index is 13.4. The highest BCUT2D eigenvalue weighted by Gasteiger charge is 2.46. The van der Waals surface area contributed by atoms with Crippen LogP contribution in [0.5, 0.6) is 0 Å². The van der Waals surface area contributed by atoms with Crippen molar-refractivity contribution in [1.82, 2.24) is 4.90 Å². The average molecular weight is 526 g/mol. The lowest BCUT2D eigenvalue weighted by atomic mass is 10.1. The zero-order valence-corrected chi connectivity index (χ0v) is 21.1. The van der Waals surface area contributed by atoms with Gasteiger partial charge in [0.1, 0.15) is 6.04 Å². The van der Waals surface area contributed by atoms with E-state index in [0.29, 0.717) is 28.4 Å². The number of rotatable bonds is 9. The number of carbonyl (C=O) groups is 4. The summed E-state index contributed by atoms with van der Waals surface area (Å²) in [5.41, 5.74) is 1.18. The Bertz CT molecular complexity index is 1260. The van der Waals surface area contributed by atoms with Gasteiger partial charge in [-0.3, -0.25) is 9.59 Å². The quantitative estimate of drug-likeness (QED) is 0.314. The van der Waals surface area contributed by atoms with Gasteiger partial charge < -0.3 is 15.0 Å². The molecule has 0 unspecified atom stereocenters. The van der Waals surface area contributed by atoms with Crippen molar-refractivity contribution < 1.29 is 23.9 Å². The van der Waals surface area contributed by atoms with Gasteiger partial charge in [-0.15, -0.1) is 11.3 Å². The first kappa shape index (κ1) is 25.4. The first-order valence-electron chi connectivity index (χ1n) is 11.4. The van der Waals surface area contributed by atoms with Crippen molar-refractivity contribution >= 4 is 58.1 Å². The molecule has 0 aliphatic carbocycles. The Balaban J connectivity index is 1.50. The molecule has 1 aliphatic rings. The fourth-order valence-electron chi connectivity index (χ4n) is 3.92. The SMILES string of the molecule is CCOC(=O)c1ccc(NC(=O)C[C@H]2C(=O)N(c3cccc(Cl)c3)C(=O)N2CCc2cccs2)cc1. The molecule has 2 aromatic carbocycles. The number of carbonyl (C=O) groups excluding carboxylic acids is 4. The van der Waals surface area contributed by atoms with Gasteiger partial charge in [0.25, 0.3) is 5.91 Å². The minimum atomic E-state index is -0.963. The molecular formula is C26H24ClN3O5S. The topological polar surface area (TPSA) is 96.0 Å². The molecule has 1 aromatic heterocycles. The second-order valence-electron chi connectivity index (χ2n) is 8.02.